The number of carbonyl (C=O) groups is 2. The first-order valence-corrected chi connectivity index (χ1v) is 10.8. The Hall–Kier alpha value is -2.09. The van der Waals surface area contributed by atoms with Gasteiger partial charge in [0, 0.05) is 25.2 Å². The second-order valence-corrected chi connectivity index (χ2v) is 9.85. The third-order valence-electron chi connectivity index (χ3n) is 6.07. The molecule has 30 heavy (non-hydrogen) atoms. The number of amides is 2. The molecule has 5 rings (SSSR count). The number of aromatic nitrogens is 2. The number of benzene rings is 1. The normalized spacial score (nSPS) is 24.9. The summed E-state index contributed by atoms with van der Waals surface area (Å²) in [6.45, 7) is 5.20. The average molecular weight is 449 g/mol. The maximum atomic E-state index is 13.2. The molecular formula is C21H22Cl2N4O3. The standard InChI is InChI=1S/C21H22Cl2N4O3/c1-12-8-25(20(29)17-6-21(17,22)23)19-5-14(3-4-18(19)27(12)13(2)28)15-7-24-26(9-15)16-10-30-11-16/h3-5,7,9,12,16-17H,6,8,10-11H2,1-2H3/t12-,17-/m0/s1. The van der Waals surface area contributed by atoms with Gasteiger partial charge in [0.1, 0.15) is 4.33 Å². The van der Waals surface area contributed by atoms with Crippen LogP contribution in [-0.2, 0) is 14.3 Å². The molecular weight excluding hydrogens is 427 g/mol. The van der Waals surface area contributed by atoms with E-state index in [0.29, 0.717) is 37.6 Å². The van der Waals surface area contributed by atoms with Crippen molar-refractivity contribution in [2.75, 3.05) is 29.6 Å². The van der Waals surface area contributed by atoms with E-state index in [1.807, 2.05) is 42.2 Å². The SMILES string of the molecule is CC(=O)N1c2ccc(-c3cnn(C4COC4)c3)cc2N(C(=O)[C@@H]2CC2(Cl)Cl)C[C@@H]1C. The number of carbonyl (C=O) groups excluding carboxylic acids is 2. The highest BCUT2D eigenvalue weighted by molar-refractivity contribution is 6.52. The largest absolute Gasteiger partial charge is 0.377 e. The van der Waals surface area contributed by atoms with Crippen molar-refractivity contribution in [3.8, 4) is 11.1 Å². The summed E-state index contributed by atoms with van der Waals surface area (Å²) in [5, 5.41) is 4.45. The molecule has 2 fully saturated rings. The maximum absolute atomic E-state index is 13.2. The predicted molar refractivity (Wildman–Crippen MR) is 115 cm³/mol. The van der Waals surface area contributed by atoms with Gasteiger partial charge in [0.15, 0.2) is 0 Å². The van der Waals surface area contributed by atoms with Crippen molar-refractivity contribution in [3.05, 3.63) is 30.6 Å². The van der Waals surface area contributed by atoms with E-state index in [9.17, 15) is 9.59 Å². The summed E-state index contributed by atoms with van der Waals surface area (Å²) >= 11 is 12.3. The zero-order chi connectivity index (χ0) is 21.2. The number of nitrogens with zero attached hydrogens (tertiary/aromatic N) is 4. The maximum Gasteiger partial charge on any atom is 0.233 e. The number of hydrogen-bond acceptors (Lipinski definition) is 4. The van der Waals surface area contributed by atoms with Gasteiger partial charge in [0.05, 0.1) is 48.8 Å². The second-order valence-electron chi connectivity index (χ2n) is 8.31. The third-order valence-corrected chi connectivity index (χ3v) is 6.91. The van der Waals surface area contributed by atoms with Crippen LogP contribution in [0, 0.1) is 5.92 Å². The van der Waals surface area contributed by atoms with Crippen LogP contribution in [0.3, 0.4) is 0 Å². The van der Waals surface area contributed by atoms with Crippen molar-refractivity contribution >= 4 is 46.4 Å². The Bertz CT molecular complexity index is 1030. The molecule has 3 heterocycles. The van der Waals surface area contributed by atoms with Gasteiger partial charge in [-0.15, -0.1) is 23.2 Å². The molecule has 9 heteroatoms. The summed E-state index contributed by atoms with van der Waals surface area (Å²) in [6.07, 6.45) is 4.24. The van der Waals surface area contributed by atoms with Gasteiger partial charge in [0.2, 0.25) is 11.8 Å². The van der Waals surface area contributed by atoms with E-state index in [0.717, 1.165) is 11.1 Å². The van der Waals surface area contributed by atoms with Gasteiger partial charge >= 0.3 is 0 Å². The van der Waals surface area contributed by atoms with E-state index in [2.05, 4.69) is 5.10 Å². The fourth-order valence-corrected chi connectivity index (χ4v) is 4.72. The molecule has 7 nitrogen and oxygen atoms in total. The van der Waals surface area contributed by atoms with Crippen molar-refractivity contribution in [3.63, 3.8) is 0 Å². The monoisotopic (exact) mass is 448 g/mol. The third kappa shape index (κ3) is 3.20. The lowest BCUT2D eigenvalue weighted by molar-refractivity contribution is -0.120. The lowest BCUT2D eigenvalue weighted by Gasteiger charge is -2.41. The Balaban J connectivity index is 1.54. The van der Waals surface area contributed by atoms with Gasteiger partial charge in [-0.1, -0.05) is 6.07 Å². The molecule has 0 bridgehead atoms. The number of fused-ring (bicyclic) bond motifs is 1. The first kappa shape index (κ1) is 19.8. The molecule has 0 spiro atoms. The fraction of sp³-hybridized carbons (Fsp3) is 0.476. The van der Waals surface area contributed by atoms with E-state index in [1.165, 1.54) is 0 Å². The van der Waals surface area contributed by atoms with Crippen LogP contribution in [0.4, 0.5) is 11.4 Å². The highest BCUT2D eigenvalue weighted by atomic mass is 35.5. The molecule has 1 aliphatic carbocycles. The molecule has 2 amide bonds. The molecule has 158 valence electrons. The van der Waals surface area contributed by atoms with Gasteiger partial charge in [-0.2, -0.15) is 5.10 Å². The number of alkyl halides is 2. The number of rotatable bonds is 3. The van der Waals surface area contributed by atoms with Crippen LogP contribution in [0.25, 0.3) is 11.1 Å². The van der Waals surface area contributed by atoms with E-state index in [1.54, 1.807) is 16.7 Å². The molecule has 1 saturated carbocycles. The Morgan fingerprint density at radius 3 is 2.53 bits per heavy atom. The molecule has 0 N–H and O–H groups in total. The molecule has 2 atom stereocenters. The fourth-order valence-electron chi connectivity index (χ4n) is 4.23. The molecule has 1 aromatic carbocycles. The van der Waals surface area contributed by atoms with Gasteiger partial charge in [-0.05, 0) is 31.0 Å². The van der Waals surface area contributed by atoms with E-state index < -0.39 is 10.3 Å². The number of halogens is 2. The topological polar surface area (TPSA) is 67.7 Å². The van der Waals surface area contributed by atoms with Crippen molar-refractivity contribution in [1.29, 1.82) is 0 Å². The lowest BCUT2D eigenvalue weighted by Crippen LogP contribution is -2.52. The van der Waals surface area contributed by atoms with E-state index >= 15 is 0 Å². The molecule has 2 aromatic rings. The van der Waals surface area contributed by atoms with Crippen LogP contribution in [0.1, 0.15) is 26.3 Å². The lowest BCUT2D eigenvalue weighted by atomic mass is 10.0. The minimum atomic E-state index is -0.998. The van der Waals surface area contributed by atoms with Gasteiger partial charge in [-0.25, -0.2) is 0 Å². The Morgan fingerprint density at radius 1 is 1.20 bits per heavy atom. The Labute approximate surface area is 184 Å². The number of anilines is 2. The van der Waals surface area contributed by atoms with Crippen LogP contribution in [0.2, 0.25) is 0 Å². The van der Waals surface area contributed by atoms with Crippen molar-refractivity contribution in [2.24, 2.45) is 5.92 Å². The second kappa shape index (κ2) is 6.97. The zero-order valence-corrected chi connectivity index (χ0v) is 18.2. The van der Waals surface area contributed by atoms with Crippen LogP contribution < -0.4 is 9.80 Å². The van der Waals surface area contributed by atoms with Crippen molar-refractivity contribution in [2.45, 2.75) is 36.7 Å². The minimum absolute atomic E-state index is 0.0585. The summed E-state index contributed by atoms with van der Waals surface area (Å²) in [6, 6.07) is 5.91. The van der Waals surface area contributed by atoms with Crippen LogP contribution >= 0.6 is 23.2 Å². The molecule has 2 aliphatic heterocycles. The summed E-state index contributed by atoms with van der Waals surface area (Å²) in [5.41, 5.74) is 3.28. The number of hydrogen-bond donors (Lipinski definition) is 0. The molecule has 1 aromatic heterocycles. The summed E-state index contributed by atoms with van der Waals surface area (Å²) < 4.78 is 6.15. The average Bonchev–Trinajstić information content (AvgIpc) is 3.06. The highest BCUT2D eigenvalue weighted by Crippen LogP contribution is 2.55. The van der Waals surface area contributed by atoms with Gasteiger partial charge < -0.3 is 14.5 Å². The van der Waals surface area contributed by atoms with E-state index in [-0.39, 0.29) is 23.9 Å². The first-order valence-electron chi connectivity index (χ1n) is 10.0. The Morgan fingerprint density at radius 2 is 1.93 bits per heavy atom. The van der Waals surface area contributed by atoms with Crippen LogP contribution in [-0.4, -0.2) is 51.7 Å². The molecule has 0 radical (unpaired) electrons. The first-order chi connectivity index (χ1) is 14.3. The van der Waals surface area contributed by atoms with Crippen molar-refractivity contribution in [1.82, 2.24) is 9.78 Å². The zero-order valence-electron chi connectivity index (χ0n) is 16.7. The summed E-state index contributed by atoms with van der Waals surface area (Å²) in [7, 11) is 0. The molecule has 1 saturated heterocycles. The molecule has 0 unspecified atom stereocenters. The summed E-state index contributed by atoms with van der Waals surface area (Å²) in [4.78, 5) is 29.0. The van der Waals surface area contributed by atoms with Gasteiger partial charge in [-0.3, -0.25) is 14.3 Å². The Kier molecular flexibility index (Phi) is 4.61. The van der Waals surface area contributed by atoms with Crippen LogP contribution in [0.15, 0.2) is 30.6 Å². The smallest absolute Gasteiger partial charge is 0.233 e. The number of ether oxygens (including phenoxy) is 1. The van der Waals surface area contributed by atoms with E-state index in [4.69, 9.17) is 27.9 Å². The quantitative estimate of drug-likeness (QED) is 0.674. The summed E-state index contributed by atoms with van der Waals surface area (Å²) in [5.74, 6) is -0.581. The minimum Gasteiger partial charge on any atom is -0.377 e. The predicted octanol–water partition coefficient (Wildman–Crippen LogP) is 3.40. The van der Waals surface area contributed by atoms with Gasteiger partial charge in [0.25, 0.3) is 0 Å². The molecule has 3 aliphatic rings. The highest BCUT2D eigenvalue weighted by Gasteiger charge is 2.58. The van der Waals surface area contributed by atoms with Crippen LogP contribution in [0.5, 0.6) is 0 Å². The van der Waals surface area contributed by atoms with Crippen molar-refractivity contribution < 1.29 is 14.3 Å².